The molecule has 0 radical (unpaired) electrons. The Morgan fingerprint density at radius 1 is 1.58 bits per heavy atom. The van der Waals surface area contributed by atoms with Gasteiger partial charge in [0.2, 0.25) is 0 Å². The van der Waals surface area contributed by atoms with Gasteiger partial charge < -0.3 is 4.98 Å². The van der Waals surface area contributed by atoms with Crippen molar-refractivity contribution in [2.75, 3.05) is 0 Å². The molecular weight excluding hydrogens is 176 g/mol. The molecule has 0 spiro atoms. The van der Waals surface area contributed by atoms with Crippen molar-refractivity contribution in [3.05, 3.63) is 23.1 Å². The molecule has 58 valence electrons. The van der Waals surface area contributed by atoms with Gasteiger partial charge in [-0.15, -0.1) is 0 Å². The van der Waals surface area contributed by atoms with Crippen LogP contribution in [-0.2, 0) is 0 Å². The summed E-state index contributed by atoms with van der Waals surface area (Å²) in [5.41, 5.74) is 1.59. The summed E-state index contributed by atoms with van der Waals surface area (Å²) in [4.78, 5) is 10.7. The monoisotopic (exact) mass is 178 g/mol. The number of nitriles is 1. The number of nitrogens with one attached hydrogen (secondary N) is 1. The van der Waals surface area contributed by atoms with Gasteiger partial charge >= 0.3 is 0 Å². The maximum absolute atomic E-state index is 8.60. The minimum Gasteiger partial charge on any atom is -0.329 e. The van der Waals surface area contributed by atoms with Crippen molar-refractivity contribution >= 4 is 22.8 Å². The van der Waals surface area contributed by atoms with Crippen molar-refractivity contribution in [1.82, 2.24) is 15.0 Å². The molecule has 0 fully saturated rings. The molecule has 0 atom stereocenters. The number of rotatable bonds is 0. The summed E-state index contributed by atoms with van der Waals surface area (Å²) in [7, 11) is 0. The summed E-state index contributed by atoms with van der Waals surface area (Å²) < 4.78 is 0. The fraction of sp³-hybridized carbons (Fsp3) is 0. The van der Waals surface area contributed by atoms with E-state index in [1.807, 2.05) is 6.07 Å². The molecular formula is C7H3ClN4. The van der Waals surface area contributed by atoms with Crippen LogP contribution >= 0.6 is 11.6 Å². The lowest BCUT2D eigenvalue weighted by atomic mass is 10.3. The Morgan fingerprint density at radius 3 is 3.17 bits per heavy atom. The quantitative estimate of drug-likeness (QED) is 0.622. The highest BCUT2D eigenvalue weighted by atomic mass is 35.5. The van der Waals surface area contributed by atoms with E-state index in [1.165, 1.54) is 6.33 Å². The average molecular weight is 179 g/mol. The van der Waals surface area contributed by atoms with Gasteiger partial charge in [-0.05, 0) is 6.07 Å². The van der Waals surface area contributed by atoms with Crippen LogP contribution in [0.1, 0.15) is 5.56 Å². The van der Waals surface area contributed by atoms with Crippen LogP contribution in [0.5, 0.6) is 0 Å². The Balaban J connectivity index is 2.84. The minimum absolute atomic E-state index is 0.203. The number of H-pyrrole nitrogens is 1. The van der Waals surface area contributed by atoms with Crippen molar-refractivity contribution in [1.29, 1.82) is 5.26 Å². The summed E-state index contributed by atoms with van der Waals surface area (Å²) >= 11 is 5.68. The molecule has 4 nitrogen and oxygen atoms in total. The second-order valence-electron chi connectivity index (χ2n) is 2.21. The van der Waals surface area contributed by atoms with Crippen LogP contribution in [-0.4, -0.2) is 15.0 Å². The first-order valence-electron chi connectivity index (χ1n) is 3.21. The van der Waals surface area contributed by atoms with Crippen molar-refractivity contribution < 1.29 is 0 Å². The van der Waals surface area contributed by atoms with Crippen molar-refractivity contribution in [3.8, 4) is 6.07 Å². The molecule has 0 aromatic carbocycles. The van der Waals surface area contributed by atoms with Gasteiger partial charge in [-0.25, -0.2) is 9.97 Å². The van der Waals surface area contributed by atoms with Gasteiger partial charge in [0.05, 0.1) is 11.9 Å². The third kappa shape index (κ3) is 0.917. The average Bonchev–Trinajstić information content (AvgIpc) is 2.49. The molecule has 2 rings (SSSR count). The Hall–Kier alpha value is -1.60. The molecule has 2 heterocycles. The van der Waals surface area contributed by atoms with Gasteiger partial charge in [0.1, 0.15) is 16.7 Å². The number of hydrogen-bond acceptors (Lipinski definition) is 3. The number of aromatic amines is 1. The first-order chi connectivity index (χ1) is 5.81. The molecule has 2 aromatic rings. The molecule has 0 unspecified atom stereocenters. The first-order valence-corrected chi connectivity index (χ1v) is 3.59. The lowest BCUT2D eigenvalue weighted by Crippen LogP contribution is -1.83. The fourth-order valence-electron chi connectivity index (χ4n) is 0.926. The summed E-state index contributed by atoms with van der Waals surface area (Å²) in [6.45, 7) is 0. The minimum atomic E-state index is 0.203. The standard InChI is InChI=1S/C7H3ClN4/c8-6-4(2-9)1-5-7(12-6)11-3-10-5/h1,3H,(H,10,11,12). The molecule has 0 saturated heterocycles. The van der Waals surface area contributed by atoms with Gasteiger partial charge in [0.25, 0.3) is 0 Å². The Bertz CT molecular complexity index is 468. The van der Waals surface area contributed by atoms with Gasteiger partial charge in [-0.3, -0.25) is 0 Å². The molecule has 0 aliphatic heterocycles. The summed E-state index contributed by atoms with van der Waals surface area (Å²) in [6.07, 6.45) is 1.51. The first kappa shape index (κ1) is 7.07. The highest BCUT2D eigenvalue weighted by Crippen LogP contribution is 2.16. The molecule has 1 N–H and O–H groups in total. The second kappa shape index (κ2) is 2.47. The van der Waals surface area contributed by atoms with Crippen molar-refractivity contribution in [2.45, 2.75) is 0 Å². The predicted octanol–water partition coefficient (Wildman–Crippen LogP) is 1.48. The highest BCUT2D eigenvalue weighted by molar-refractivity contribution is 6.30. The zero-order valence-corrected chi connectivity index (χ0v) is 6.63. The van der Waals surface area contributed by atoms with E-state index in [0.717, 1.165) is 0 Å². The SMILES string of the molecule is N#Cc1cc2nc[nH]c2nc1Cl. The Morgan fingerprint density at radius 2 is 2.42 bits per heavy atom. The number of fused-ring (bicyclic) bond motifs is 1. The molecule has 5 heteroatoms. The number of nitrogens with zero attached hydrogens (tertiary/aromatic N) is 3. The molecule has 2 aromatic heterocycles. The molecule has 0 bridgehead atoms. The molecule has 12 heavy (non-hydrogen) atoms. The number of aromatic nitrogens is 3. The number of pyridine rings is 1. The Kier molecular flexibility index (Phi) is 1.45. The molecule has 0 amide bonds. The summed E-state index contributed by atoms with van der Waals surface area (Å²) in [5, 5.41) is 8.81. The second-order valence-corrected chi connectivity index (χ2v) is 2.57. The van der Waals surface area contributed by atoms with Crippen LogP contribution in [0, 0.1) is 11.3 Å². The van der Waals surface area contributed by atoms with E-state index in [2.05, 4.69) is 15.0 Å². The lowest BCUT2D eigenvalue weighted by molar-refractivity contribution is 1.30. The topological polar surface area (TPSA) is 65.4 Å². The molecule has 0 aliphatic carbocycles. The van der Waals surface area contributed by atoms with E-state index in [0.29, 0.717) is 16.7 Å². The van der Waals surface area contributed by atoms with E-state index in [-0.39, 0.29) is 5.15 Å². The van der Waals surface area contributed by atoms with Crippen LogP contribution in [0.25, 0.3) is 11.2 Å². The van der Waals surface area contributed by atoms with Crippen molar-refractivity contribution in [3.63, 3.8) is 0 Å². The smallest absolute Gasteiger partial charge is 0.158 e. The maximum atomic E-state index is 8.60. The van der Waals surface area contributed by atoms with Crippen LogP contribution in [0.2, 0.25) is 5.15 Å². The molecule has 0 aliphatic rings. The third-order valence-electron chi connectivity index (χ3n) is 1.48. The Labute approximate surface area is 72.8 Å². The predicted molar refractivity (Wildman–Crippen MR) is 43.6 cm³/mol. The molecule has 0 saturated carbocycles. The largest absolute Gasteiger partial charge is 0.329 e. The zero-order valence-electron chi connectivity index (χ0n) is 5.87. The van der Waals surface area contributed by atoms with E-state index < -0.39 is 0 Å². The fourth-order valence-corrected chi connectivity index (χ4v) is 1.11. The zero-order chi connectivity index (χ0) is 8.55. The van der Waals surface area contributed by atoms with Gasteiger partial charge in [0, 0.05) is 0 Å². The van der Waals surface area contributed by atoms with E-state index >= 15 is 0 Å². The maximum Gasteiger partial charge on any atom is 0.158 e. The van der Waals surface area contributed by atoms with Crippen molar-refractivity contribution in [2.24, 2.45) is 0 Å². The van der Waals surface area contributed by atoms with Crippen LogP contribution in [0.3, 0.4) is 0 Å². The summed E-state index contributed by atoms with van der Waals surface area (Å²) in [6, 6.07) is 3.53. The van der Waals surface area contributed by atoms with Gasteiger partial charge in [0.15, 0.2) is 5.65 Å². The van der Waals surface area contributed by atoms with E-state index in [4.69, 9.17) is 16.9 Å². The number of hydrogen-bond donors (Lipinski definition) is 1. The van der Waals surface area contributed by atoms with Crippen LogP contribution < -0.4 is 0 Å². The summed E-state index contributed by atoms with van der Waals surface area (Å²) in [5.74, 6) is 0. The van der Waals surface area contributed by atoms with Crippen LogP contribution in [0.4, 0.5) is 0 Å². The van der Waals surface area contributed by atoms with E-state index in [9.17, 15) is 0 Å². The number of imidazole rings is 1. The normalized spacial score (nSPS) is 10.0. The van der Waals surface area contributed by atoms with E-state index in [1.54, 1.807) is 6.07 Å². The van der Waals surface area contributed by atoms with Crippen LogP contribution in [0.15, 0.2) is 12.4 Å². The number of halogens is 1. The highest BCUT2D eigenvalue weighted by Gasteiger charge is 2.04. The lowest BCUT2D eigenvalue weighted by Gasteiger charge is -1.91. The van der Waals surface area contributed by atoms with Gasteiger partial charge in [-0.1, -0.05) is 11.6 Å². The third-order valence-corrected chi connectivity index (χ3v) is 1.77. The van der Waals surface area contributed by atoms with Gasteiger partial charge in [-0.2, -0.15) is 5.26 Å².